The highest BCUT2D eigenvalue weighted by molar-refractivity contribution is 8.13. The third-order valence-electron chi connectivity index (χ3n) is 2.39. The van der Waals surface area contributed by atoms with E-state index in [4.69, 9.17) is 38.6 Å². The highest BCUT2D eigenvalue weighted by atomic mass is 35.7. The van der Waals surface area contributed by atoms with Gasteiger partial charge < -0.3 is 4.74 Å². The van der Waals surface area contributed by atoms with Crippen LogP contribution in [0.5, 0.6) is 5.75 Å². The Bertz CT molecular complexity index is 482. The van der Waals surface area contributed by atoms with Gasteiger partial charge in [0.1, 0.15) is 0 Å². The molecule has 1 aromatic carbocycles. The van der Waals surface area contributed by atoms with E-state index in [-0.39, 0.29) is 18.3 Å². The molecule has 102 valence electrons. The maximum Gasteiger partial charge on any atom is 0.232 e. The topological polar surface area (TPSA) is 43.4 Å². The number of benzene rings is 1. The van der Waals surface area contributed by atoms with Crippen LogP contribution in [-0.4, -0.2) is 20.8 Å². The summed E-state index contributed by atoms with van der Waals surface area (Å²) >= 11 is 11.9. The molecule has 0 saturated carbocycles. The van der Waals surface area contributed by atoms with E-state index in [0.717, 1.165) is 0 Å². The Morgan fingerprint density at radius 1 is 1.28 bits per heavy atom. The summed E-state index contributed by atoms with van der Waals surface area (Å²) in [6, 6.07) is 5.02. The Morgan fingerprint density at radius 3 is 2.28 bits per heavy atom. The second-order valence-corrected chi connectivity index (χ2v) is 7.48. The first-order chi connectivity index (χ1) is 8.33. The molecule has 0 aliphatic heterocycles. The minimum absolute atomic E-state index is 0.132. The molecule has 7 heteroatoms. The van der Waals surface area contributed by atoms with Gasteiger partial charge in [-0.2, -0.15) is 0 Å². The average Bonchev–Trinajstić information content (AvgIpc) is 2.25. The maximum atomic E-state index is 11.0. The number of ether oxygens (including phenoxy) is 1. The highest BCUT2D eigenvalue weighted by Crippen LogP contribution is 2.32. The first kappa shape index (κ1) is 15.9. The Morgan fingerprint density at radius 2 is 1.83 bits per heavy atom. The molecule has 1 aromatic rings. The molecule has 0 heterocycles. The number of hydrogen-bond acceptors (Lipinski definition) is 3. The Balaban J connectivity index is 2.69. The fourth-order valence-electron chi connectivity index (χ4n) is 1.39. The van der Waals surface area contributed by atoms with Crippen LogP contribution in [0, 0.1) is 5.92 Å². The molecule has 0 aliphatic carbocycles. The van der Waals surface area contributed by atoms with Gasteiger partial charge in [0.15, 0.2) is 5.75 Å². The number of rotatable bonds is 6. The summed E-state index contributed by atoms with van der Waals surface area (Å²) in [7, 11) is 1.68. The minimum Gasteiger partial charge on any atom is -0.490 e. The number of para-hydroxylation sites is 1. The summed E-state index contributed by atoms with van der Waals surface area (Å²) in [6.45, 7) is 2.07. The molecule has 0 bridgehead atoms. The second-order valence-electron chi connectivity index (χ2n) is 3.84. The molecule has 18 heavy (non-hydrogen) atoms. The first-order valence-corrected chi connectivity index (χ1v) is 8.56. The van der Waals surface area contributed by atoms with Crippen LogP contribution in [0.3, 0.4) is 0 Å². The van der Waals surface area contributed by atoms with Crippen LogP contribution in [0.15, 0.2) is 18.2 Å². The van der Waals surface area contributed by atoms with Gasteiger partial charge >= 0.3 is 0 Å². The van der Waals surface area contributed by atoms with Gasteiger partial charge in [0.2, 0.25) is 9.05 Å². The van der Waals surface area contributed by atoms with Crippen molar-refractivity contribution < 1.29 is 13.2 Å². The molecule has 1 atom stereocenters. The van der Waals surface area contributed by atoms with Crippen LogP contribution in [0.4, 0.5) is 0 Å². The van der Waals surface area contributed by atoms with E-state index in [0.29, 0.717) is 22.2 Å². The molecule has 0 amide bonds. The third-order valence-corrected chi connectivity index (χ3v) is 4.24. The fourth-order valence-corrected chi connectivity index (χ4v) is 3.32. The smallest absolute Gasteiger partial charge is 0.232 e. The lowest BCUT2D eigenvalue weighted by Crippen LogP contribution is -2.19. The molecule has 1 rings (SSSR count). The Hall–Kier alpha value is -0.160. The van der Waals surface area contributed by atoms with E-state index in [1.165, 1.54) is 0 Å². The van der Waals surface area contributed by atoms with E-state index >= 15 is 0 Å². The summed E-state index contributed by atoms with van der Waals surface area (Å²) in [5.74, 6) is 0.0405. The largest absolute Gasteiger partial charge is 0.490 e. The van der Waals surface area contributed by atoms with Crippen LogP contribution < -0.4 is 4.74 Å². The van der Waals surface area contributed by atoms with Crippen LogP contribution in [-0.2, 0) is 9.05 Å². The Kier molecular flexibility index (Phi) is 6.05. The van der Waals surface area contributed by atoms with Gasteiger partial charge in [-0.3, -0.25) is 0 Å². The van der Waals surface area contributed by atoms with E-state index in [1.54, 1.807) is 18.2 Å². The minimum atomic E-state index is -3.53. The van der Waals surface area contributed by atoms with Crippen molar-refractivity contribution >= 4 is 42.9 Å². The van der Waals surface area contributed by atoms with E-state index < -0.39 is 9.05 Å². The van der Waals surface area contributed by atoms with Gasteiger partial charge in [-0.25, -0.2) is 8.42 Å². The molecule has 0 saturated heterocycles. The van der Waals surface area contributed by atoms with Crippen molar-refractivity contribution in [2.75, 3.05) is 12.4 Å². The van der Waals surface area contributed by atoms with Gasteiger partial charge in [0, 0.05) is 16.6 Å². The molecule has 0 spiro atoms. The summed E-state index contributed by atoms with van der Waals surface area (Å²) in [6.07, 6.45) is 0.633. The molecule has 0 N–H and O–H groups in total. The van der Waals surface area contributed by atoms with E-state index in [9.17, 15) is 8.42 Å². The zero-order valence-electron chi connectivity index (χ0n) is 9.70. The zero-order valence-corrected chi connectivity index (χ0v) is 12.8. The van der Waals surface area contributed by atoms with Crippen molar-refractivity contribution in [1.82, 2.24) is 0 Å². The van der Waals surface area contributed by atoms with E-state index in [2.05, 4.69) is 0 Å². The predicted octanol–water partition coefficient (Wildman–Crippen LogP) is 3.97. The fraction of sp³-hybridized carbons (Fsp3) is 0.455. The third kappa shape index (κ3) is 5.22. The first-order valence-electron chi connectivity index (χ1n) is 5.32. The van der Waals surface area contributed by atoms with Gasteiger partial charge in [-0.1, -0.05) is 36.2 Å². The normalized spacial score (nSPS) is 13.3. The van der Waals surface area contributed by atoms with Crippen LogP contribution in [0.25, 0.3) is 0 Å². The zero-order chi connectivity index (χ0) is 13.8. The lowest BCUT2D eigenvalue weighted by Gasteiger charge is -2.15. The van der Waals surface area contributed by atoms with Crippen molar-refractivity contribution in [3.8, 4) is 5.75 Å². The average molecular weight is 332 g/mol. The number of halogens is 3. The SMILES string of the molecule is CCC(COc1c(Cl)cccc1Cl)CS(=O)(=O)Cl. The van der Waals surface area contributed by atoms with Gasteiger partial charge in [-0.05, 0) is 18.6 Å². The van der Waals surface area contributed by atoms with Gasteiger partial charge in [0.25, 0.3) is 0 Å². The molecular formula is C11H13Cl3O3S. The van der Waals surface area contributed by atoms with Crippen molar-refractivity contribution in [3.05, 3.63) is 28.2 Å². The summed E-state index contributed by atoms with van der Waals surface area (Å²) < 4.78 is 27.5. The van der Waals surface area contributed by atoms with Gasteiger partial charge in [0.05, 0.1) is 22.4 Å². The molecule has 0 aliphatic rings. The summed E-state index contributed by atoms with van der Waals surface area (Å²) in [5, 5.41) is 0.789. The molecule has 0 fully saturated rings. The number of hydrogen-bond donors (Lipinski definition) is 0. The summed E-state index contributed by atoms with van der Waals surface area (Å²) in [5.41, 5.74) is 0. The predicted molar refractivity (Wildman–Crippen MR) is 75.4 cm³/mol. The highest BCUT2D eigenvalue weighted by Gasteiger charge is 2.17. The molecule has 1 unspecified atom stereocenters. The second kappa shape index (κ2) is 6.85. The molecule has 0 aromatic heterocycles. The van der Waals surface area contributed by atoms with Crippen LogP contribution in [0.1, 0.15) is 13.3 Å². The standard InChI is InChI=1S/C11H13Cl3O3S/c1-2-8(7-18(14,15)16)6-17-11-9(12)4-3-5-10(11)13/h3-5,8H,2,6-7H2,1H3. The van der Waals surface area contributed by atoms with Gasteiger partial charge in [-0.15, -0.1) is 0 Å². The van der Waals surface area contributed by atoms with E-state index in [1.807, 2.05) is 6.92 Å². The van der Waals surface area contributed by atoms with Crippen molar-refractivity contribution in [2.24, 2.45) is 5.92 Å². The quantitative estimate of drug-likeness (QED) is 0.741. The van der Waals surface area contributed by atoms with Crippen molar-refractivity contribution in [1.29, 1.82) is 0 Å². The van der Waals surface area contributed by atoms with Crippen LogP contribution >= 0.6 is 33.9 Å². The molecule has 0 radical (unpaired) electrons. The lowest BCUT2D eigenvalue weighted by molar-refractivity contribution is 0.258. The molecular weight excluding hydrogens is 319 g/mol. The Labute approximate surface area is 121 Å². The monoisotopic (exact) mass is 330 g/mol. The van der Waals surface area contributed by atoms with Crippen molar-refractivity contribution in [3.63, 3.8) is 0 Å². The summed E-state index contributed by atoms with van der Waals surface area (Å²) in [4.78, 5) is 0. The maximum absolute atomic E-state index is 11.0. The van der Waals surface area contributed by atoms with Crippen molar-refractivity contribution in [2.45, 2.75) is 13.3 Å². The lowest BCUT2D eigenvalue weighted by atomic mass is 10.1. The molecule has 3 nitrogen and oxygen atoms in total. The van der Waals surface area contributed by atoms with Crippen LogP contribution in [0.2, 0.25) is 10.0 Å².